The van der Waals surface area contributed by atoms with E-state index in [1.807, 2.05) is 6.92 Å². The van der Waals surface area contributed by atoms with Gasteiger partial charge in [0.05, 0.1) is 0 Å². The smallest absolute Gasteiger partial charge is 0.0190 e. The first kappa shape index (κ1) is 8.02. The number of nitrogens with one attached hydrogen (secondary N) is 1. The number of nitrogens with two attached hydrogens (primary N) is 1. The first-order valence-electron chi connectivity index (χ1n) is 4.13. The quantitative estimate of drug-likeness (QED) is 0.609. The van der Waals surface area contributed by atoms with Crippen molar-refractivity contribution in [2.75, 3.05) is 0 Å². The fraction of sp³-hybridized carbons (Fsp3) is 1.00. The Morgan fingerprint density at radius 3 is 2.30 bits per heavy atom. The molecule has 0 amide bonds. The van der Waals surface area contributed by atoms with E-state index in [0.29, 0.717) is 6.04 Å². The van der Waals surface area contributed by atoms with Gasteiger partial charge >= 0.3 is 0 Å². The predicted molar refractivity (Wildman–Crippen MR) is 43.8 cm³/mol. The summed E-state index contributed by atoms with van der Waals surface area (Å²) in [5.74, 6) is 0.876. The summed E-state index contributed by atoms with van der Waals surface area (Å²) in [4.78, 5) is 0. The van der Waals surface area contributed by atoms with E-state index in [9.17, 15) is 0 Å². The Morgan fingerprint density at radius 2 is 2.00 bits per heavy atom. The van der Waals surface area contributed by atoms with Gasteiger partial charge in [-0.3, -0.25) is 0 Å². The third-order valence-corrected chi connectivity index (χ3v) is 2.38. The molecule has 1 aliphatic carbocycles. The summed E-state index contributed by atoms with van der Waals surface area (Å²) in [5, 5.41) is 3.48. The lowest BCUT2D eigenvalue weighted by atomic mass is 10.2. The van der Waals surface area contributed by atoms with E-state index in [-0.39, 0.29) is 6.04 Å². The van der Waals surface area contributed by atoms with Gasteiger partial charge in [0, 0.05) is 18.1 Å². The highest BCUT2D eigenvalue weighted by molar-refractivity contribution is 4.92. The van der Waals surface area contributed by atoms with E-state index >= 15 is 0 Å². The van der Waals surface area contributed by atoms with Gasteiger partial charge in [0.15, 0.2) is 0 Å². The zero-order valence-electron chi connectivity index (χ0n) is 7.09. The van der Waals surface area contributed by atoms with E-state index in [4.69, 9.17) is 5.73 Å². The molecule has 60 valence electrons. The molecule has 0 bridgehead atoms. The molecule has 1 saturated carbocycles. The lowest BCUT2D eigenvalue weighted by molar-refractivity contribution is 0.466. The third kappa shape index (κ3) is 1.96. The Labute approximate surface area is 63.2 Å². The highest BCUT2D eigenvalue weighted by Crippen LogP contribution is 2.29. The summed E-state index contributed by atoms with van der Waals surface area (Å²) in [6.07, 6.45) is 1.33. The molecule has 4 unspecified atom stereocenters. The zero-order valence-corrected chi connectivity index (χ0v) is 7.09. The zero-order chi connectivity index (χ0) is 7.72. The summed E-state index contributed by atoms with van der Waals surface area (Å²) in [7, 11) is 0. The minimum Gasteiger partial charge on any atom is -0.327 e. The maximum Gasteiger partial charge on any atom is 0.0190 e. The fourth-order valence-electron chi connectivity index (χ4n) is 1.04. The van der Waals surface area contributed by atoms with E-state index in [1.165, 1.54) is 6.42 Å². The first-order valence-corrected chi connectivity index (χ1v) is 4.13. The predicted octanol–water partition coefficient (Wildman–Crippen LogP) is 0.720. The lowest BCUT2D eigenvalue weighted by Crippen LogP contribution is -2.42. The van der Waals surface area contributed by atoms with Crippen LogP contribution in [0.2, 0.25) is 0 Å². The molecule has 0 aliphatic heterocycles. The molecule has 1 rings (SSSR count). The Balaban J connectivity index is 2.13. The maximum atomic E-state index is 5.69. The average molecular weight is 142 g/mol. The van der Waals surface area contributed by atoms with Crippen molar-refractivity contribution in [3.63, 3.8) is 0 Å². The van der Waals surface area contributed by atoms with Crippen LogP contribution in [0.15, 0.2) is 0 Å². The second-order valence-electron chi connectivity index (χ2n) is 3.63. The van der Waals surface area contributed by atoms with Crippen molar-refractivity contribution in [2.24, 2.45) is 11.7 Å². The van der Waals surface area contributed by atoms with Crippen molar-refractivity contribution < 1.29 is 0 Å². The van der Waals surface area contributed by atoms with Crippen LogP contribution in [0.1, 0.15) is 27.2 Å². The second-order valence-corrected chi connectivity index (χ2v) is 3.63. The molecule has 10 heavy (non-hydrogen) atoms. The van der Waals surface area contributed by atoms with Crippen molar-refractivity contribution in [2.45, 2.75) is 45.3 Å². The topological polar surface area (TPSA) is 38.0 Å². The molecule has 1 fully saturated rings. The molecule has 4 atom stereocenters. The van der Waals surface area contributed by atoms with Crippen LogP contribution in [-0.2, 0) is 0 Å². The van der Waals surface area contributed by atoms with Crippen LogP contribution in [-0.4, -0.2) is 18.1 Å². The Morgan fingerprint density at radius 1 is 1.50 bits per heavy atom. The molecule has 0 radical (unpaired) electrons. The van der Waals surface area contributed by atoms with Gasteiger partial charge in [-0.05, 0) is 26.2 Å². The molecule has 0 saturated heterocycles. The molecular formula is C8H18N2. The molecular weight excluding hydrogens is 124 g/mol. The van der Waals surface area contributed by atoms with E-state index in [0.717, 1.165) is 12.0 Å². The van der Waals surface area contributed by atoms with Gasteiger partial charge in [0.1, 0.15) is 0 Å². The van der Waals surface area contributed by atoms with Crippen LogP contribution < -0.4 is 11.1 Å². The van der Waals surface area contributed by atoms with Gasteiger partial charge in [-0.2, -0.15) is 0 Å². The maximum absolute atomic E-state index is 5.69. The van der Waals surface area contributed by atoms with E-state index in [1.54, 1.807) is 0 Å². The van der Waals surface area contributed by atoms with Crippen LogP contribution in [0.25, 0.3) is 0 Å². The van der Waals surface area contributed by atoms with Gasteiger partial charge in [-0.15, -0.1) is 0 Å². The molecule has 0 spiro atoms. The molecule has 0 aromatic carbocycles. The third-order valence-electron chi connectivity index (χ3n) is 2.38. The first-order chi connectivity index (χ1) is 4.61. The van der Waals surface area contributed by atoms with Crippen molar-refractivity contribution in [3.8, 4) is 0 Å². The molecule has 3 N–H and O–H groups in total. The number of hydrogen-bond acceptors (Lipinski definition) is 2. The Bertz CT molecular complexity index is 112. The van der Waals surface area contributed by atoms with Crippen LogP contribution in [0.5, 0.6) is 0 Å². The summed E-state index contributed by atoms with van der Waals surface area (Å²) in [6.45, 7) is 6.46. The summed E-state index contributed by atoms with van der Waals surface area (Å²) >= 11 is 0. The molecule has 0 aromatic heterocycles. The number of rotatable bonds is 3. The van der Waals surface area contributed by atoms with Gasteiger partial charge in [0.25, 0.3) is 0 Å². The van der Waals surface area contributed by atoms with Crippen molar-refractivity contribution in [1.29, 1.82) is 0 Å². The van der Waals surface area contributed by atoms with Crippen LogP contribution >= 0.6 is 0 Å². The minimum absolute atomic E-state index is 0.271. The van der Waals surface area contributed by atoms with Crippen LogP contribution in [0, 0.1) is 5.92 Å². The Hall–Kier alpha value is -0.0800. The monoisotopic (exact) mass is 142 g/mol. The molecule has 2 nitrogen and oxygen atoms in total. The summed E-state index contributed by atoms with van der Waals surface area (Å²) < 4.78 is 0. The van der Waals surface area contributed by atoms with Crippen molar-refractivity contribution >= 4 is 0 Å². The van der Waals surface area contributed by atoms with Gasteiger partial charge < -0.3 is 11.1 Å². The van der Waals surface area contributed by atoms with Crippen molar-refractivity contribution in [1.82, 2.24) is 5.32 Å². The normalized spacial score (nSPS) is 37.2. The van der Waals surface area contributed by atoms with E-state index in [2.05, 4.69) is 19.2 Å². The van der Waals surface area contributed by atoms with Crippen molar-refractivity contribution in [3.05, 3.63) is 0 Å². The minimum atomic E-state index is 0.271. The molecule has 0 aromatic rings. The van der Waals surface area contributed by atoms with Crippen LogP contribution in [0.4, 0.5) is 0 Å². The molecule has 1 aliphatic rings. The second kappa shape index (κ2) is 2.89. The standard InChI is InChI=1S/C8H18N2/c1-5-4-8(5)10-7(3)6(2)9/h5-8,10H,4,9H2,1-3H3. The summed E-state index contributed by atoms with van der Waals surface area (Å²) in [5.41, 5.74) is 5.69. The number of hydrogen-bond donors (Lipinski definition) is 2. The highest BCUT2D eigenvalue weighted by atomic mass is 15.0. The molecule has 2 heteroatoms. The van der Waals surface area contributed by atoms with Gasteiger partial charge in [-0.25, -0.2) is 0 Å². The lowest BCUT2D eigenvalue weighted by Gasteiger charge is -2.16. The SMILES string of the molecule is CC(N)C(C)NC1CC1C. The van der Waals surface area contributed by atoms with E-state index < -0.39 is 0 Å². The average Bonchev–Trinajstić information content (AvgIpc) is 2.46. The largest absolute Gasteiger partial charge is 0.327 e. The Kier molecular flexibility index (Phi) is 2.32. The van der Waals surface area contributed by atoms with Crippen LogP contribution in [0.3, 0.4) is 0 Å². The molecule has 0 heterocycles. The summed E-state index contributed by atoms with van der Waals surface area (Å²) in [6, 6.07) is 1.49. The highest BCUT2D eigenvalue weighted by Gasteiger charge is 2.33. The van der Waals surface area contributed by atoms with Gasteiger partial charge in [0.2, 0.25) is 0 Å². The van der Waals surface area contributed by atoms with Gasteiger partial charge in [-0.1, -0.05) is 6.92 Å². The fourth-order valence-corrected chi connectivity index (χ4v) is 1.04.